The number of aromatic nitrogens is 2. The molecule has 2 aliphatic heterocycles. The lowest BCUT2D eigenvalue weighted by Gasteiger charge is -2.40. The molecule has 1 aromatic carbocycles. The second kappa shape index (κ2) is 6.72. The Kier molecular flexibility index (Phi) is 4.30. The van der Waals surface area contributed by atoms with Crippen molar-refractivity contribution >= 4 is 5.69 Å². The van der Waals surface area contributed by atoms with Gasteiger partial charge in [-0.2, -0.15) is 5.10 Å². The maximum absolute atomic E-state index is 5.46. The number of ether oxygens (including phenoxy) is 1. The molecule has 5 nitrogen and oxygen atoms in total. The zero-order chi connectivity index (χ0) is 15.5. The van der Waals surface area contributed by atoms with Crippen molar-refractivity contribution in [2.24, 2.45) is 0 Å². The van der Waals surface area contributed by atoms with Crippen LogP contribution in [0, 0.1) is 0 Å². The zero-order valence-corrected chi connectivity index (χ0v) is 13.5. The van der Waals surface area contributed by atoms with Gasteiger partial charge in [0.2, 0.25) is 0 Å². The first-order chi connectivity index (χ1) is 11.4. The number of hydrogen-bond acceptors (Lipinski definition) is 4. The summed E-state index contributed by atoms with van der Waals surface area (Å²) in [6, 6.07) is 11.4. The summed E-state index contributed by atoms with van der Waals surface area (Å²) < 4.78 is 7.36. The van der Waals surface area contributed by atoms with E-state index in [2.05, 4.69) is 39.2 Å². The molecule has 3 heterocycles. The summed E-state index contributed by atoms with van der Waals surface area (Å²) in [6.07, 6.45) is 6.29. The second-order valence-corrected chi connectivity index (χ2v) is 6.33. The number of morpholine rings is 1. The van der Waals surface area contributed by atoms with E-state index in [-0.39, 0.29) is 0 Å². The van der Waals surface area contributed by atoms with Gasteiger partial charge >= 0.3 is 0 Å². The van der Waals surface area contributed by atoms with E-state index in [9.17, 15) is 0 Å². The van der Waals surface area contributed by atoms with Crippen LogP contribution in [0.25, 0.3) is 5.69 Å². The van der Waals surface area contributed by atoms with Gasteiger partial charge in [0.05, 0.1) is 18.9 Å². The highest BCUT2D eigenvalue weighted by atomic mass is 16.5. The molecular weight excluding hydrogens is 288 g/mol. The number of benzene rings is 1. The smallest absolute Gasteiger partial charge is 0.0647 e. The summed E-state index contributed by atoms with van der Waals surface area (Å²) in [5.41, 5.74) is 2.43. The minimum atomic E-state index is 0.735. The van der Waals surface area contributed by atoms with Gasteiger partial charge in [-0.3, -0.25) is 4.90 Å². The molecule has 23 heavy (non-hydrogen) atoms. The number of hydrogen-bond donors (Lipinski definition) is 0. The van der Waals surface area contributed by atoms with Crippen LogP contribution in [0.2, 0.25) is 0 Å². The van der Waals surface area contributed by atoms with E-state index >= 15 is 0 Å². The predicted molar refractivity (Wildman–Crippen MR) is 91.2 cm³/mol. The van der Waals surface area contributed by atoms with Gasteiger partial charge in [-0.05, 0) is 43.2 Å². The van der Waals surface area contributed by atoms with Crippen LogP contribution in [-0.2, 0) is 4.74 Å². The lowest BCUT2D eigenvalue weighted by Crippen LogP contribution is -2.49. The third kappa shape index (κ3) is 3.26. The standard InChI is InChI=1S/C18H24N4O/c1-8-19-22(9-1)18-4-2-16(3-5-18)20-10-6-17(7-11-20)21-12-14-23-15-13-21/h1-5,8-9,17H,6-7,10-15H2. The molecule has 2 saturated heterocycles. The van der Waals surface area contributed by atoms with Gasteiger partial charge in [-0.25, -0.2) is 4.68 Å². The molecule has 0 saturated carbocycles. The fourth-order valence-corrected chi connectivity index (χ4v) is 3.67. The van der Waals surface area contributed by atoms with Crippen LogP contribution in [0.1, 0.15) is 12.8 Å². The lowest BCUT2D eigenvalue weighted by atomic mass is 10.0. The van der Waals surface area contributed by atoms with Crippen molar-refractivity contribution in [3.8, 4) is 5.69 Å². The van der Waals surface area contributed by atoms with Crippen LogP contribution in [-0.4, -0.2) is 60.1 Å². The Morgan fingerprint density at radius 2 is 1.61 bits per heavy atom. The number of rotatable bonds is 3. The summed E-state index contributed by atoms with van der Waals surface area (Å²) in [5, 5.41) is 4.28. The summed E-state index contributed by atoms with van der Waals surface area (Å²) in [5.74, 6) is 0. The molecule has 122 valence electrons. The first-order valence-corrected chi connectivity index (χ1v) is 8.57. The highest BCUT2D eigenvalue weighted by Gasteiger charge is 2.25. The van der Waals surface area contributed by atoms with Crippen LogP contribution in [0.3, 0.4) is 0 Å². The van der Waals surface area contributed by atoms with Gasteiger partial charge in [0.15, 0.2) is 0 Å². The van der Waals surface area contributed by atoms with Crippen LogP contribution in [0.15, 0.2) is 42.7 Å². The molecule has 2 aromatic rings. The van der Waals surface area contributed by atoms with E-state index in [1.54, 1.807) is 0 Å². The predicted octanol–water partition coefficient (Wildman–Crippen LogP) is 2.17. The molecule has 1 aromatic heterocycles. The van der Waals surface area contributed by atoms with E-state index in [0.29, 0.717) is 0 Å². The van der Waals surface area contributed by atoms with Crippen molar-refractivity contribution < 1.29 is 4.74 Å². The van der Waals surface area contributed by atoms with Crippen molar-refractivity contribution in [1.82, 2.24) is 14.7 Å². The monoisotopic (exact) mass is 312 g/mol. The third-order valence-corrected chi connectivity index (χ3v) is 5.01. The Bertz CT molecular complexity index is 596. The molecule has 0 bridgehead atoms. The largest absolute Gasteiger partial charge is 0.379 e. The average molecular weight is 312 g/mol. The first kappa shape index (κ1) is 14.7. The summed E-state index contributed by atoms with van der Waals surface area (Å²) in [7, 11) is 0. The molecule has 2 aliphatic rings. The van der Waals surface area contributed by atoms with Gasteiger partial charge in [0, 0.05) is 50.3 Å². The third-order valence-electron chi connectivity index (χ3n) is 5.01. The average Bonchev–Trinajstić information content (AvgIpc) is 3.18. The number of anilines is 1. The molecule has 0 N–H and O–H groups in total. The quantitative estimate of drug-likeness (QED) is 0.870. The molecule has 5 heteroatoms. The van der Waals surface area contributed by atoms with Crippen molar-refractivity contribution in [3.63, 3.8) is 0 Å². The van der Waals surface area contributed by atoms with E-state index in [4.69, 9.17) is 4.74 Å². The molecular formula is C18H24N4O. The molecule has 2 fully saturated rings. The number of nitrogens with zero attached hydrogens (tertiary/aromatic N) is 4. The van der Waals surface area contributed by atoms with Gasteiger partial charge in [-0.15, -0.1) is 0 Å². The number of piperidine rings is 1. The molecule has 0 spiro atoms. The SMILES string of the molecule is c1cnn(-c2ccc(N3CCC(N4CCOCC4)CC3)cc2)c1. The molecule has 0 unspecified atom stereocenters. The highest BCUT2D eigenvalue weighted by molar-refractivity contribution is 5.51. The fraction of sp³-hybridized carbons (Fsp3) is 0.500. The van der Waals surface area contributed by atoms with Crippen LogP contribution >= 0.6 is 0 Å². The van der Waals surface area contributed by atoms with Crippen LogP contribution in [0.4, 0.5) is 5.69 Å². The summed E-state index contributed by atoms with van der Waals surface area (Å²) in [4.78, 5) is 5.12. The molecule has 0 radical (unpaired) electrons. The summed E-state index contributed by atoms with van der Waals surface area (Å²) >= 11 is 0. The Balaban J connectivity index is 1.36. The minimum absolute atomic E-state index is 0.735. The second-order valence-electron chi connectivity index (χ2n) is 6.33. The van der Waals surface area contributed by atoms with Crippen molar-refractivity contribution in [2.75, 3.05) is 44.3 Å². The van der Waals surface area contributed by atoms with E-state index in [1.807, 2.05) is 23.1 Å². The highest BCUT2D eigenvalue weighted by Crippen LogP contribution is 2.24. The minimum Gasteiger partial charge on any atom is -0.379 e. The molecule has 0 aliphatic carbocycles. The maximum atomic E-state index is 5.46. The molecule has 0 amide bonds. The normalized spacial score (nSPS) is 20.8. The molecule has 0 atom stereocenters. The Hall–Kier alpha value is -1.85. The van der Waals surface area contributed by atoms with Gasteiger partial charge < -0.3 is 9.64 Å². The topological polar surface area (TPSA) is 33.5 Å². The van der Waals surface area contributed by atoms with E-state index in [1.165, 1.54) is 18.5 Å². The van der Waals surface area contributed by atoms with Crippen molar-refractivity contribution in [2.45, 2.75) is 18.9 Å². The van der Waals surface area contributed by atoms with Crippen molar-refractivity contribution in [1.29, 1.82) is 0 Å². The van der Waals surface area contributed by atoms with Crippen molar-refractivity contribution in [3.05, 3.63) is 42.7 Å². The van der Waals surface area contributed by atoms with Gasteiger partial charge in [0.25, 0.3) is 0 Å². The lowest BCUT2D eigenvalue weighted by molar-refractivity contribution is 0.0115. The summed E-state index contributed by atoms with van der Waals surface area (Å²) in [6.45, 7) is 6.28. The van der Waals surface area contributed by atoms with Gasteiger partial charge in [-0.1, -0.05) is 0 Å². The first-order valence-electron chi connectivity index (χ1n) is 8.57. The van der Waals surface area contributed by atoms with Gasteiger partial charge in [0.1, 0.15) is 0 Å². The molecule has 4 rings (SSSR count). The van der Waals surface area contributed by atoms with E-state index < -0.39 is 0 Å². The Labute approximate surface area is 137 Å². The Morgan fingerprint density at radius 3 is 2.26 bits per heavy atom. The van der Waals surface area contributed by atoms with Crippen LogP contribution < -0.4 is 4.90 Å². The fourth-order valence-electron chi connectivity index (χ4n) is 3.67. The van der Waals surface area contributed by atoms with E-state index in [0.717, 1.165) is 51.1 Å². The Morgan fingerprint density at radius 1 is 0.913 bits per heavy atom. The zero-order valence-electron chi connectivity index (χ0n) is 13.5. The maximum Gasteiger partial charge on any atom is 0.0647 e. The van der Waals surface area contributed by atoms with Crippen LogP contribution in [0.5, 0.6) is 0 Å².